The third-order valence-electron chi connectivity index (χ3n) is 3.57. The fourth-order valence-corrected chi connectivity index (χ4v) is 2.39. The van der Waals surface area contributed by atoms with Gasteiger partial charge in [-0.1, -0.05) is 30.3 Å². The van der Waals surface area contributed by atoms with E-state index >= 15 is 0 Å². The Morgan fingerprint density at radius 3 is 2.64 bits per heavy atom. The molecule has 2 aromatic carbocycles. The minimum Gasteiger partial charge on any atom is -0.496 e. The molecule has 0 aliphatic heterocycles. The monoisotopic (exact) mass is 295 g/mol. The van der Waals surface area contributed by atoms with Crippen molar-refractivity contribution in [1.82, 2.24) is 5.32 Å². The highest BCUT2D eigenvalue weighted by Crippen LogP contribution is 2.24. The Morgan fingerprint density at radius 2 is 1.86 bits per heavy atom. The number of hydrogen-bond acceptors (Lipinski definition) is 3. The molecule has 0 aliphatic rings. The molecule has 1 aromatic heterocycles. The summed E-state index contributed by atoms with van der Waals surface area (Å²) in [6.07, 6.45) is 0. The largest absolute Gasteiger partial charge is 0.496 e. The highest BCUT2D eigenvalue weighted by molar-refractivity contribution is 5.97. The van der Waals surface area contributed by atoms with Crippen LogP contribution in [0.15, 0.2) is 59.0 Å². The van der Waals surface area contributed by atoms with Gasteiger partial charge in [0, 0.05) is 5.39 Å². The first-order valence-corrected chi connectivity index (χ1v) is 7.11. The van der Waals surface area contributed by atoms with Crippen molar-refractivity contribution in [2.75, 3.05) is 7.11 Å². The lowest BCUT2D eigenvalue weighted by molar-refractivity contribution is 0.0932. The second-order valence-corrected chi connectivity index (χ2v) is 5.08. The number of methoxy groups -OCH3 is 1. The fourth-order valence-electron chi connectivity index (χ4n) is 2.39. The van der Waals surface area contributed by atoms with E-state index < -0.39 is 0 Å². The minimum absolute atomic E-state index is 0.189. The van der Waals surface area contributed by atoms with Gasteiger partial charge in [-0.25, -0.2) is 0 Å². The number of hydrogen-bond donors (Lipinski definition) is 1. The van der Waals surface area contributed by atoms with Gasteiger partial charge in [0.15, 0.2) is 0 Å². The molecule has 1 amide bonds. The quantitative estimate of drug-likeness (QED) is 0.793. The van der Waals surface area contributed by atoms with Crippen LogP contribution in [0, 0.1) is 0 Å². The standard InChI is InChI=1S/C18H17NO3/c1-12(17-11-13-7-3-5-9-15(13)22-17)19-18(20)14-8-4-6-10-16(14)21-2/h3-12H,1-2H3,(H,19,20)/t12-/m0/s1. The summed E-state index contributed by atoms with van der Waals surface area (Å²) in [6, 6.07) is 16.6. The molecule has 1 atom stereocenters. The Morgan fingerprint density at radius 1 is 1.14 bits per heavy atom. The molecule has 112 valence electrons. The highest BCUT2D eigenvalue weighted by Gasteiger charge is 2.17. The molecule has 4 nitrogen and oxygen atoms in total. The average Bonchev–Trinajstić information content (AvgIpc) is 2.99. The molecule has 22 heavy (non-hydrogen) atoms. The van der Waals surface area contributed by atoms with Crippen molar-refractivity contribution in [3.8, 4) is 5.75 Å². The second-order valence-electron chi connectivity index (χ2n) is 5.08. The zero-order chi connectivity index (χ0) is 15.5. The number of rotatable bonds is 4. The van der Waals surface area contributed by atoms with E-state index in [1.165, 1.54) is 0 Å². The van der Waals surface area contributed by atoms with Gasteiger partial charge in [-0.3, -0.25) is 4.79 Å². The molecule has 3 rings (SSSR count). The van der Waals surface area contributed by atoms with Gasteiger partial charge in [-0.2, -0.15) is 0 Å². The smallest absolute Gasteiger partial charge is 0.255 e. The summed E-state index contributed by atoms with van der Waals surface area (Å²) >= 11 is 0. The number of furan rings is 1. The number of benzene rings is 2. The van der Waals surface area contributed by atoms with E-state index in [0.29, 0.717) is 11.3 Å². The van der Waals surface area contributed by atoms with E-state index in [2.05, 4.69) is 5.32 Å². The zero-order valence-corrected chi connectivity index (χ0v) is 12.5. The number of para-hydroxylation sites is 2. The van der Waals surface area contributed by atoms with Crippen molar-refractivity contribution < 1.29 is 13.9 Å². The van der Waals surface area contributed by atoms with E-state index in [-0.39, 0.29) is 11.9 Å². The van der Waals surface area contributed by atoms with Crippen LogP contribution in [0.5, 0.6) is 5.75 Å². The first-order valence-electron chi connectivity index (χ1n) is 7.11. The summed E-state index contributed by atoms with van der Waals surface area (Å²) in [5.74, 6) is 1.09. The second kappa shape index (κ2) is 5.93. The summed E-state index contributed by atoms with van der Waals surface area (Å²) in [5.41, 5.74) is 1.32. The molecule has 0 fully saturated rings. The van der Waals surface area contributed by atoms with Gasteiger partial charge in [-0.05, 0) is 31.2 Å². The van der Waals surface area contributed by atoms with E-state index in [1.807, 2.05) is 49.4 Å². The van der Waals surface area contributed by atoms with Crippen molar-refractivity contribution >= 4 is 16.9 Å². The Labute approximate surface area is 128 Å². The van der Waals surface area contributed by atoms with Gasteiger partial charge in [-0.15, -0.1) is 0 Å². The first-order chi connectivity index (χ1) is 10.7. The molecule has 0 spiro atoms. The predicted octanol–water partition coefficient (Wildman–Crippen LogP) is 3.93. The van der Waals surface area contributed by atoms with E-state index in [9.17, 15) is 4.79 Å². The Balaban J connectivity index is 1.81. The van der Waals surface area contributed by atoms with Crippen LogP contribution < -0.4 is 10.1 Å². The fraction of sp³-hybridized carbons (Fsp3) is 0.167. The lowest BCUT2D eigenvalue weighted by atomic mass is 10.1. The minimum atomic E-state index is -0.232. The summed E-state index contributed by atoms with van der Waals surface area (Å²) in [7, 11) is 1.55. The molecular weight excluding hydrogens is 278 g/mol. The zero-order valence-electron chi connectivity index (χ0n) is 12.5. The third-order valence-corrected chi connectivity index (χ3v) is 3.57. The highest BCUT2D eigenvalue weighted by atomic mass is 16.5. The van der Waals surface area contributed by atoms with Gasteiger partial charge in [0.1, 0.15) is 17.1 Å². The molecule has 0 bridgehead atoms. The first kappa shape index (κ1) is 14.2. The molecule has 0 aliphatic carbocycles. The molecule has 0 unspecified atom stereocenters. The topological polar surface area (TPSA) is 51.5 Å². The van der Waals surface area contributed by atoms with E-state index in [0.717, 1.165) is 16.7 Å². The Hall–Kier alpha value is -2.75. The average molecular weight is 295 g/mol. The van der Waals surface area contributed by atoms with Crippen LogP contribution >= 0.6 is 0 Å². The maximum Gasteiger partial charge on any atom is 0.255 e. The van der Waals surface area contributed by atoms with E-state index in [4.69, 9.17) is 9.15 Å². The molecule has 1 heterocycles. The van der Waals surface area contributed by atoms with E-state index in [1.54, 1.807) is 19.2 Å². The van der Waals surface area contributed by atoms with Crippen LogP contribution in [0.2, 0.25) is 0 Å². The molecule has 0 radical (unpaired) electrons. The Kier molecular flexibility index (Phi) is 3.83. The predicted molar refractivity (Wildman–Crippen MR) is 85.1 cm³/mol. The molecule has 0 saturated carbocycles. The molecule has 4 heteroatoms. The van der Waals surface area contributed by atoms with Crippen molar-refractivity contribution in [3.05, 3.63) is 65.9 Å². The summed E-state index contributed by atoms with van der Waals surface area (Å²) in [4.78, 5) is 12.4. The number of carbonyl (C=O) groups is 1. The van der Waals surface area contributed by atoms with Crippen molar-refractivity contribution in [3.63, 3.8) is 0 Å². The lowest BCUT2D eigenvalue weighted by Gasteiger charge is -2.13. The summed E-state index contributed by atoms with van der Waals surface area (Å²) < 4.78 is 11.0. The summed E-state index contributed by atoms with van der Waals surface area (Å²) in [6.45, 7) is 1.89. The van der Waals surface area contributed by atoms with Crippen LogP contribution in [0.4, 0.5) is 0 Å². The van der Waals surface area contributed by atoms with Crippen LogP contribution in [0.1, 0.15) is 29.1 Å². The number of nitrogens with one attached hydrogen (secondary N) is 1. The molecule has 3 aromatic rings. The number of ether oxygens (including phenoxy) is 1. The van der Waals surface area contributed by atoms with Gasteiger partial charge in [0.2, 0.25) is 0 Å². The van der Waals surface area contributed by atoms with Gasteiger partial charge >= 0.3 is 0 Å². The van der Waals surface area contributed by atoms with Crippen LogP contribution in [0.25, 0.3) is 11.0 Å². The maximum atomic E-state index is 12.4. The van der Waals surface area contributed by atoms with Crippen LogP contribution in [-0.4, -0.2) is 13.0 Å². The number of carbonyl (C=O) groups excluding carboxylic acids is 1. The number of fused-ring (bicyclic) bond motifs is 1. The summed E-state index contributed by atoms with van der Waals surface area (Å²) in [5, 5.41) is 3.96. The van der Waals surface area contributed by atoms with Crippen molar-refractivity contribution in [2.24, 2.45) is 0 Å². The molecule has 0 saturated heterocycles. The van der Waals surface area contributed by atoms with Gasteiger partial charge in [0.25, 0.3) is 5.91 Å². The Bertz CT molecular complexity index is 774. The normalized spacial score (nSPS) is 12.1. The van der Waals surface area contributed by atoms with Crippen LogP contribution in [0.3, 0.4) is 0 Å². The maximum absolute atomic E-state index is 12.4. The van der Waals surface area contributed by atoms with Crippen LogP contribution in [-0.2, 0) is 0 Å². The molecule has 1 N–H and O–H groups in total. The van der Waals surface area contributed by atoms with Gasteiger partial charge in [0.05, 0.1) is 18.7 Å². The van der Waals surface area contributed by atoms with Crippen molar-refractivity contribution in [1.29, 1.82) is 0 Å². The molecular formula is C18H17NO3. The lowest BCUT2D eigenvalue weighted by Crippen LogP contribution is -2.26. The van der Waals surface area contributed by atoms with Crippen molar-refractivity contribution in [2.45, 2.75) is 13.0 Å². The van der Waals surface area contributed by atoms with Gasteiger partial charge < -0.3 is 14.5 Å². The third kappa shape index (κ3) is 2.68. The SMILES string of the molecule is COc1ccccc1C(=O)N[C@@H](C)c1cc2ccccc2o1. The number of amides is 1.